The molecule has 1 aliphatic rings. The molecule has 1 atom stereocenters. The van der Waals surface area contributed by atoms with Crippen molar-refractivity contribution in [1.29, 1.82) is 0 Å². The van der Waals surface area contributed by atoms with E-state index in [0.29, 0.717) is 29.9 Å². The minimum Gasteiger partial charge on any atom is -0.338 e. The molecule has 7 heteroatoms. The van der Waals surface area contributed by atoms with Gasteiger partial charge in [0.05, 0.1) is 12.6 Å². The summed E-state index contributed by atoms with van der Waals surface area (Å²) in [6.45, 7) is 5.09. The number of amides is 1. The van der Waals surface area contributed by atoms with Gasteiger partial charge in [-0.1, -0.05) is 0 Å². The predicted octanol–water partition coefficient (Wildman–Crippen LogP) is 1.60. The van der Waals surface area contributed by atoms with Gasteiger partial charge in [-0.3, -0.25) is 14.3 Å². The van der Waals surface area contributed by atoms with Gasteiger partial charge < -0.3 is 9.88 Å². The third-order valence-corrected chi connectivity index (χ3v) is 4.83. The zero-order valence-corrected chi connectivity index (χ0v) is 14.9. The number of nitrogens with zero attached hydrogens (tertiary/aromatic N) is 4. The molecule has 0 saturated carbocycles. The van der Waals surface area contributed by atoms with Crippen molar-refractivity contribution in [3.63, 3.8) is 0 Å². The minimum atomic E-state index is -0.135. The Labute approximate surface area is 147 Å². The SMILES string of the molecule is Cc1nc(C)c(CCC(=O)N2CCCC[C@@H]2Cn2cccn2)c(=O)[nH]1. The maximum atomic E-state index is 12.8. The van der Waals surface area contributed by atoms with Gasteiger partial charge in [0, 0.05) is 36.6 Å². The van der Waals surface area contributed by atoms with E-state index in [-0.39, 0.29) is 17.5 Å². The summed E-state index contributed by atoms with van der Waals surface area (Å²) in [6, 6.07) is 2.07. The number of H-pyrrole nitrogens is 1. The third-order valence-electron chi connectivity index (χ3n) is 4.83. The van der Waals surface area contributed by atoms with E-state index in [1.54, 1.807) is 13.1 Å². The van der Waals surface area contributed by atoms with Crippen LogP contribution in [0.25, 0.3) is 0 Å². The molecule has 1 saturated heterocycles. The minimum absolute atomic E-state index is 0.108. The Kier molecular flexibility index (Phi) is 5.31. The van der Waals surface area contributed by atoms with E-state index in [4.69, 9.17) is 0 Å². The lowest BCUT2D eigenvalue weighted by Gasteiger charge is -2.36. The van der Waals surface area contributed by atoms with Crippen molar-refractivity contribution in [3.8, 4) is 0 Å². The van der Waals surface area contributed by atoms with Gasteiger partial charge in [0.1, 0.15) is 5.82 Å². The van der Waals surface area contributed by atoms with E-state index in [2.05, 4.69) is 15.1 Å². The van der Waals surface area contributed by atoms with Gasteiger partial charge in [0.2, 0.25) is 5.91 Å². The lowest BCUT2D eigenvalue weighted by atomic mass is 10.0. The van der Waals surface area contributed by atoms with Crippen molar-refractivity contribution in [2.24, 2.45) is 0 Å². The Morgan fingerprint density at radius 3 is 2.92 bits per heavy atom. The smallest absolute Gasteiger partial charge is 0.254 e. The van der Waals surface area contributed by atoms with Crippen LogP contribution in [0.1, 0.15) is 42.8 Å². The number of hydrogen-bond donors (Lipinski definition) is 1. The molecule has 1 amide bonds. The molecule has 1 aliphatic heterocycles. The monoisotopic (exact) mass is 343 g/mol. The summed E-state index contributed by atoms with van der Waals surface area (Å²) in [5, 5.41) is 4.25. The summed E-state index contributed by atoms with van der Waals surface area (Å²) in [6.07, 6.45) is 7.62. The first-order valence-electron chi connectivity index (χ1n) is 8.88. The molecule has 0 radical (unpaired) electrons. The van der Waals surface area contributed by atoms with Crippen molar-refractivity contribution in [2.45, 2.75) is 58.5 Å². The number of aryl methyl sites for hydroxylation is 2. The van der Waals surface area contributed by atoms with Gasteiger partial charge in [0.25, 0.3) is 5.56 Å². The Bertz CT molecular complexity index is 781. The summed E-state index contributed by atoms with van der Waals surface area (Å²) in [5.41, 5.74) is 1.19. The van der Waals surface area contributed by atoms with Crippen LogP contribution in [0.3, 0.4) is 0 Å². The van der Waals surface area contributed by atoms with Crippen molar-refractivity contribution < 1.29 is 4.79 Å². The van der Waals surface area contributed by atoms with Gasteiger partial charge in [-0.25, -0.2) is 4.98 Å². The van der Waals surface area contributed by atoms with Crippen LogP contribution >= 0.6 is 0 Å². The van der Waals surface area contributed by atoms with E-state index < -0.39 is 0 Å². The second-order valence-electron chi connectivity index (χ2n) is 6.68. The fraction of sp³-hybridized carbons (Fsp3) is 0.556. The summed E-state index contributed by atoms with van der Waals surface area (Å²) in [4.78, 5) is 33.8. The number of carbonyl (C=O) groups is 1. The molecule has 0 unspecified atom stereocenters. The molecular weight excluding hydrogens is 318 g/mol. The van der Waals surface area contributed by atoms with Crippen LogP contribution in [0, 0.1) is 13.8 Å². The first-order chi connectivity index (χ1) is 12.0. The Morgan fingerprint density at radius 2 is 2.20 bits per heavy atom. The highest BCUT2D eigenvalue weighted by Gasteiger charge is 2.27. The lowest BCUT2D eigenvalue weighted by molar-refractivity contribution is -0.135. The van der Waals surface area contributed by atoms with Crippen molar-refractivity contribution in [3.05, 3.63) is 45.9 Å². The largest absolute Gasteiger partial charge is 0.338 e. The summed E-state index contributed by atoms with van der Waals surface area (Å²) in [5.74, 6) is 0.712. The van der Waals surface area contributed by atoms with Crippen LogP contribution in [-0.2, 0) is 17.8 Å². The van der Waals surface area contributed by atoms with Crippen molar-refractivity contribution >= 4 is 5.91 Å². The molecule has 0 aromatic carbocycles. The highest BCUT2D eigenvalue weighted by atomic mass is 16.2. The van der Waals surface area contributed by atoms with Crippen molar-refractivity contribution in [2.75, 3.05) is 6.54 Å². The molecule has 0 bridgehead atoms. The fourth-order valence-electron chi connectivity index (χ4n) is 3.56. The van der Waals surface area contributed by atoms with E-state index in [9.17, 15) is 9.59 Å². The highest BCUT2D eigenvalue weighted by Crippen LogP contribution is 2.20. The number of carbonyl (C=O) groups excluding carboxylic acids is 1. The zero-order chi connectivity index (χ0) is 17.8. The maximum Gasteiger partial charge on any atom is 0.254 e. The third kappa shape index (κ3) is 4.15. The van der Waals surface area contributed by atoms with E-state index in [0.717, 1.165) is 32.4 Å². The molecule has 25 heavy (non-hydrogen) atoms. The number of aromatic nitrogens is 4. The van der Waals surface area contributed by atoms with Crippen LogP contribution in [0.5, 0.6) is 0 Å². The average molecular weight is 343 g/mol. The van der Waals surface area contributed by atoms with Crippen LogP contribution in [0.4, 0.5) is 0 Å². The quantitative estimate of drug-likeness (QED) is 0.894. The van der Waals surface area contributed by atoms with E-state index in [1.165, 1.54) is 0 Å². The van der Waals surface area contributed by atoms with Crippen LogP contribution < -0.4 is 5.56 Å². The maximum absolute atomic E-state index is 12.8. The topological polar surface area (TPSA) is 83.9 Å². The number of rotatable bonds is 5. The first-order valence-corrected chi connectivity index (χ1v) is 8.88. The lowest BCUT2D eigenvalue weighted by Crippen LogP contribution is -2.46. The Balaban J connectivity index is 1.66. The summed E-state index contributed by atoms with van der Waals surface area (Å²) in [7, 11) is 0. The van der Waals surface area contributed by atoms with Gasteiger partial charge in [-0.15, -0.1) is 0 Å². The van der Waals surface area contributed by atoms with E-state index >= 15 is 0 Å². The molecule has 0 spiro atoms. The van der Waals surface area contributed by atoms with Gasteiger partial charge in [-0.05, 0) is 45.6 Å². The van der Waals surface area contributed by atoms with Crippen LogP contribution in [0.2, 0.25) is 0 Å². The van der Waals surface area contributed by atoms with Crippen molar-refractivity contribution in [1.82, 2.24) is 24.6 Å². The van der Waals surface area contributed by atoms with Gasteiger partial charge in [0.15, 0.2) is 0 Å². The molecular formula is C18H25N5O2. The molecule has 3 heterocycles. The van der Waals surface area contributed by atoms with E-state index in [1.807, 2.05) is 28.8 Å². The molecule has 2 aromatic rings. The highest BCUT2D eigenvalue weighted by molar-refractivity contribution is 5.77. The number of hydrogen-bond acceptors (Lipinski definition) is 4. The number of aromatic amines is 1. The summed E-state index contributed by atoms with van der Waals surface area (Å²) >= 11 is 0. The first kappa shape index (κ1) is 17.4. The molecule has 1 fully saturated rings. The molecule has 134 valence electrons. The Hall–Kier alpha value is -2.44. The second kappa shape index (κ2) is 7.63. The second-order valence-corrected chi connectivity index (χ2v) is 6.68. The average Bonchev–Trinajstić information content (AvgIpc) is 3.07. The molecule has 3 rings (SSSR count). The molecule has 0 aliphatic carbocycles. The normalized spacial score (nSPS) is 17.7. The molecule has 7 nitrogen and oxygen atoms in total. The fourth-order valence-corrected chi connectivity index (χ4v) is 3.56. The number of likely N-dealkylation sites (tertiary alicyclic amines) is 1. The zero-order valence-electron chi connectivity index (χ0n) is 14.9. The molecule has 2 aromatic heterocycles. The number of piperidine rings is 1. The van der Waals surface area contributed by atoms with Gasteiger partial charge >= 0.3 is 0 Å². The van der Waals surface area contributed by atoms with Crippen LogP contribution in [-0.4, -0.2) is 43.1 Å². The Morgan fingerprint density at radius 1 is 1.36 bits per heavy atom. The molecule has 1 N–H and O–H groups in total. The predicted molar refractivity (Wildman–Crippen MR) is 94.2 cm³/mol. The van der Waals surface area contributed by atoms with Gasteiger partial charge in [-0.2, -0.15) is 5.10 Å². The number of nitrogens with one attached hydrogen (secondary N) is 1. The van der Waals surface area contributed by atoms with Crippen LogP contribution in [0.15, 0.2) is 23.3 Å². The summed E-state index contributed by atoms with van der Waals surface area (Å²) < 4.78 is 1.88. The standard InChI is InChI=1S/C18H25N5O2/c1-13-16(18(25)21-14(2)20-13)7-8-17(24)23-11-4-3-6-15(23)12-22-10-5-9-19-22/h5,9-10,15H,3-4,6-8,11-12H2,1-2H3,(H,20,21,25)/t15-/m1/s1.